The van der Waals surface area contributed by atoms with Crippen LogP contribution >= 0.6 is 0 Å². The van der Waals surface area contributed by atoms with Crippen LogP contribution in [0.1, 0.15) is 53.7 Å². The lowest BCUT2D eigenvalue weighted by molar-refractivity contribution is 0.0599. The van der Waals surface area contributed by atoms with Crippen molar-refractivity contribution in [1.82, 2.24) is 4.72 Å². The quantitative estimate of drug-likeness (QED) is 0.725. The van der Waals surface area contributed by atoms with Crippen LogP contribution in [0.4, 0.5) is 5.69 Å². The highest BCUT2D eigenvalue weighted by Crippen LogP contribution is 2.24. The molecule has 1 aliphatic heterocycles. The predicted molar refractivity (Wildman–Crippen MR) is 114 cm³/mol. The molecule has 2 aromatic carbocycles. The highest BCUT2D eigenvalue weighted by Gasteiger charge is 2.21. The maximum absolute atomic E-state index is 12.8. The fourth-order valence-corrected chi connectivity index (χ4v) is 4.85. The number of sulfonamides is 1. The molecule has 1 atom stereocenters. The first-order chi connectivity index (χ1) is 13.8. The summed E-state index contributed by atoms with van der Waals surface area (Å²) in [6.07, 6.45) is 3.70. The van der Waals surface area contributed by atoms with Crippen molar-refractivity contribution >= 4 is 21.7 Å². The molecule has 1 heterocycles. The Bertz CT molecular complexity index is 965. The molecular weight excluding hydrogens is 388 g/mol. The fraction of sp³-hybridized carbons (Fsp3) is 0.409. The summed E-state index contributed by atoms with van der Waals surface area (Å²) >= 11 is 0. The fourth-order valence-electron chi connectivity index (χ4n) is 3.59. The van der Waals surface area contributed by atoms with Crippen LogP contribution in [0.15, 0.2) is 47.4 Å². The summed E-state index contributed by atoms with van der Waals surface area (Å²) in [6, 6.07) is 12.1. The third kappa shape index (κ3) is 4.97. The van der Waals surface area contributed by atoms with E-state index in [0.29, 0.717) is 5.56 Å². The van der Waals surface area contributed by atoms with Crippen LogP contribution in [0, 0.1) is 6.92 Å². The monoisotopic (exact) mass is 416 g/mol. The molecule has 0 spiro atoms. The Morgan fingerprint density at radius 2 is 1.72 bits per heavy atom. The molecule has 2 aromatic rings. The molecule has 3 rings (SSSR count). The number of rotatable bonds is 6. The van der Waals surface area contributed by atoms with Gasteiger partial charge in [-0.1, -0.05) is 18.2 Å². The van der Waals surface area contributed by atoms with E-state index in [-0.39, 0.29) is 10.5 Å². The molecule has 0 aromatic heterocycles. The van der Waals surface area contributed by atoms with Gasteiger partial charge in [0.15, 0.2) is 0 Å². The Hall–Kier alpha value is -2.38. The van der Waals surface area contributed by atoms with Gasteiger partial charge < -0.3 is 9.64 Å². The molecule has 0 bridgehead atoms. The van der Waals surface area contributed by atoms with Gasteiger partial charge in [-0.25, -0.2) is 17.9 Å². The summed E-state index contributed by atoms with van der Waals surface area (Å²) < 4.78 is 33.1. The van der Waals surface area contributed by atoms with Crippen LogP contribution in [-0.4, -0.2) is 34.6 Å². The van der Waals surface area contributed by atoms with E-state index in [1.807, 2.05) is 31.2 Å². The molecule has 6 nitrogen and oxygen atoms in total. The molecule has 1 aliphatic rings. The summed E-state index contributed by atoms with van der Waals surface area (Å²) in [5, 5.41) is 0. The van der Waals surface area contributed by atoms with Crippen molar-refractivity contribution in [2.75, 3.05) is 25.1 Å². The summed E-state index contributed by atoms with van der Waals surface area (Å²) in [5.41, 5.74) is 2.96. The number of anilines is 1. The van der Waals surface area contributed by atoms with Gasteiger partial charge in [-0.2, -0.15) is 0 Å². The number of carbonyl (C=O) groups is 1. The molecule has 0 unspecified atom stereocenters. The average Bonchev–Trinajstić information content (AvgIpc) is 2.73. The Balaban J connectivity index is 1.75. The van der Waals surface area contributed by atoms with Crippen LogP contribution in [0.3, 0.4) is 0 Å². The van der Waals surface area contributed by atoms with Gasteiger partial charge in [0.05, 0.1) is 17.6 Å². The maximum atomic E-state index is 12.8. The van der Waals surface area contributed by atoms with Crippen molar-refractivity contribution in [2.45, 2.75) is 44.0 Å². The van der Waals surface area contributed by atoms with Crippen molar-refractivity contribution in [2.24, 2.45) is 0 Å². The Morgan fingerprint density at radius 3 is 2.34 bits per heavy atom. The van der Waals surface area contributed by atoms with Crippen molar-refractivity contribution in [3.05, 3.63) is 59.2 Å². The predicted octanol–water partition coefficient (Wildman–Crippen LogP) is 3.81. The molecule has 7 heteroatoms. The number of methoxy groups -OCH3 is 1. The molecule has 0 aliphatic carbocycles. The molecule has 29 heavy (non-hydrogen) atoms. The van der Waals surface area contributed by atoms with Gasteiger partial charge in [-0.3, -0.25) is 0 Å². The second-order valence-electron chi connectivity index (χ2n) is 7.45. The first-order valence-electron chi connectivity index (χ1n) is 9.88. The van der Waals surface area contributed by atoms with Gasteiger partial charge in [0.1, 0.15) is 0 Å². The number of ether oxygens (including phenoxy) is 1. The van der Waals surface area contributed by atoms with E-state index in [1.165, 1.54) is 44.2 Å². The molecule has 156 valence electrons. The summed E-state index contributed by atoms with van der Waals surface area (Å²) in [7, 11) is -2.51. The third-order valence-corrected chi connectivity index (χ3v) is 6.91. The molecule has 1 N–H and O–H groups in total. The third-order valence-electron chi connectivity index (χ3n) is 5.37. The molecule has 0 radical (unpaired) electrons. The van der Waals surface area contributed by atoms with E-state index in [9.17, 15) is 13.2 Å². The van der Waals surface area contributed by atoms with Crippen LogP contribution < -0.4 is 9.62 Å². The Kier molecular flexibility index (Phi) is 6.59. The van der Waals surface area contributed by atoms with E-state index < -0.39 is 22.0 Å². The molecule has 1 saturated heterocycles. The van der Waals surface area contributed by atoms with E-state index in [2.05, 4.69) is 9.62 Å². The molecule has 0 amide bonds. The van der Waals surface area contributed by atoms with E-state index >= 15 is 0 Å². The number of nitrogens with zero attached hydrogens (tertiary/aromatic N) is 1. The van der Waals surface area contributed by atoms with Gasteiger partial charge in [0, 0.05) is 24.8 Å². The minimum atomic E-state index is -3.79. The minimum absolute atomic E-state index is 0.0419. The second kappa shape index (κ2) is 8.97. The first kappa shape index (κ1) is 21.3. The van der Waals surface area contributed by atoms with Crippen molar-refractivity contribution < 1.29 is 17.9 Å². The van der Waals surface area contributed by atoms with E-state index in [1.54, 1.807) is 13.0 Å². The molecule has 0 saturated carbocycles. The van der Waals surface area contributed by atoms with Crippen molar-refractivity contribution in [1.29, 1.82) is 0 Å². The van der Waals surface area contributed by atoms with Crippen LogP contribution in [-0.2, 0) is 14.8 Å². The molecule has 1 fully saturated rings. The largest absolute Gasteiger partial charge is 0.465 e. The number of esters is 1. The Labute approximate surface area is 172 Å². The van der Waals surface area contributed by atoms with Crippen LogP contribution in [0.25, 0.3) is 0 Å². The lowest BCUT2D eigenvalue weighted by atomic mass is 10.1. The summed E-state index contributed by atoms with van der Waals surface area (Å²) in [6.45, 7) is 5.68. The minimum Gasteiger partial charge on any atom is -0.465 e. The van der Waals surface area contributed by atoms with Gasteiger partial charge in [0.25, 0.3) is 0 Å². The van der Waals surface area contributed by atoms with E-state index in [4.69, 9.17) is 4.74 Å². The zero-order valence-electron chi connectivity index (χ0n) is 17.1. The number of nitrogens with one attached hydrogen (secondary N) is 1. The lowest BCUT2D eigenvalue weighted by Crippen LogP contribution is -2.29. The Morgan fingerprint density at radius 1 is 1.07 bits per heavy atom. The SMILES string of the molecule is COC(=O)c1cc(S(=O)(=O)N[C@@H](C)c2ccc(N3CCCCC3)cc2)ccc1C. The van der Waals surface area contributed by atoms with Gasteiger partial charge in [0.2, 0.25) is 10.0 Å². The summed E-state index contributed by atoms with van der Waals surface area (Å²) in [4.78, 5) is 14.3. The number of aryl methyl sites for hydroxylation is 1. The van der Waals surface area contributed by atoms with Crippen LogP contribution in [0.5, 0.6) is 0 Å². The highest BCUT2D eigenvalue weighted by molar-refractivity contribution is 7.89. The molecular formula is C22H28N2O4S. The first-order valence-corrected chi connectivity index (χ1v) is 11.4. The highest BCUT2D eigenvalue weighted by atomic mass is 32.2. The topological polar surface area (TPSA) is 75.7 Å². The van der Waals surface area contributed by atoms with Gasteiger partial charge >= 0.3 is 5.97 Å². The second-order valence-corrected chi connectivity index (χ2v) is 9.16. The van der Waals surface area contributed by atoms with E-state index in [0.717, 1.165) is 18.7 Å². The zero-order valence-corrected chi connectivity index (χ0v) is 18.0. The lowest BCUT2D eigenvalue weighted by Gasteiger charge is -2.29. The number of piperidine rings is 1. The summed E-state index contributed by atoms with van der Waals surface area (Å²) in [5.74, 6) is -0.555. The average molecular weight is 417 g/mol. The normalized spacial score (nSPS) is 15.8. The number of hydrogen-bond acceptors (Lipinski definition) is 5. The standard InChI is InChI=1S/C22H28N2O4S/c1-16-7-12-20(15-21(16)22(25)28-3)29(26,27)23-17(2)18-8-10-19(11-9-18)24-13-5-4-6-14-24/h7-12,15,17,23H,4-6,13-14H2,1-3H3/t17-/m0/s1. The zero-order chi connectivity index (χ0) is 21.0. The number of hydrogen-bond donors (Lipinski definition) is 1. The van der Waals surface area contributed by atoms with Gasteiger partial charge in [-0.05, 0) is 68.5 Å². The number of benzene rings is 2. The maximum Gasteiger partial charge on any atom is 0.338 e. The van der Waals surface area contributed by atoms with Crippen molar-refractivity contribution in [3.63, 3.8) is 0 Å². The van der Waals surface area contributed by atoms with Crippen LogP contribution in [0.2, 0.25) is 0 Å². The van der Waals surface area contributed by atoms with Crippen molar-refractivity contribution in [3.8, 4) is 0 Å². The van der Waals surface area contributed by atoms with Gasteiger partial charge in [-0.15, -0.1) is 0 Å². The number of carbonyl (C=O) groups excluding carboxylic acids is 1. The smallest absolute Gasteiger partial charge is 0.338 e.